The largest absolute Gasteiger partial charge is 0.399 e. The van der Waals surface area contributed by atoms with Crippen molar-refractivity contribution in [1.82, 2.24) is 4.31 Å². The maximum absolute atomic E-state index is 12.5. The summed E-state index contributed by atoms with van der Waals surface area (Å²) in [5.74, 6) is 0. The summed E-state index contributed by atoms with van der Waals surface area (Å²) in [6, 6.07) is 6.18. The van der Waals surface area contributed by atoms with Crippen molar-refractivity contribution in [2.45, 2.75) is 18.2 Å². The molecule has 0 aliphatic carbocycles. The Morgan fingerprint density at radius 1 is 1.42 bits per heavy atom. The van der Waals surface area contributed by atoms with Crippen LogP contribution in [-0.2, 0) is 10.0 Å². The molecule has 0 atom stereocenters. The van der Waals surface area contributed by atoms with Crippen LogP contribution in [0, 0.1) is 11.3 Å². The molecule has 0 unspecified atom stereocenters. The lowest BCUT2D eigenvalue weighted by atomic mass is 10.2. The third kappa shape index (κ3) is 2.62. The van der Waals surface area contributed by atoms with E-state index < -0.39 is 10.0 Å². The lowest BCUT2D eigenvalue weighted by molar-refractivity contribution is 0.428. The van der Waals surface area contributed by atoms with Crippen molar-refractivity contribution < 1.29 is 8.42 Å². The highest BCUT2D eigenvalue weighted by molar-refractivity contribution is 7.89. The first-order valence-corrected chi connectivity index (χ1v) is 7.34. The van der Waals surface area contributed by atoms with Crippen LogP contribution in [0.4, 0.5) is 5.69 Å². The van der Waals surface area contributed by atoms with Gasteiger partial charge in [-0.3, -0.25) is 0 Å². The molecule has 19 heavy (non-hydrogen) atoms. The summed E-state index contributed by atoms with van der Waals surface area (Å²) >= 11 is 0. The Kier molecular flexibility index (Phi) is 3.60. The van der Waals surface area contributed by atoms with Crippen LogP contribution in [0.25, 0.3) is 0 Å². The van der Waals surface area contributed by atoms with Crippen molar-refractivity contribution in [2.24, 2.45) is 0 Å². The number of nitrogen functional groups attached to an aromatic ring is 1. The smallest absolute Gasteiger partial charge is 0.244 e. The van der Waals surface area contributed by atoms with Crippen LogP contribution in [0.3, 0.4) is 0 Å². The van der Waals surface area contributed by atoms with Gasteiger partial charge >= 0.3 is 0 Å². The molecule has 1 aromatic carbocycles. The zero-order valence-electron chi connectivity index (χ0n) is 10.6. The molecule has 0 saturated heterocycles. The monoisotopic (exact) mass is 277 g/mol. The molecule has 1 aliphatic heterocycles. The molecular weight excluding hydrogens is 262 g/mol. The highest BCUT2D eigenvalue weighted by Gasteiger charge is 2.28. The number of nitrogens with zero attached hydrogens (tertiary/aromatic N) is 2. The maximum atomic E-state index is 12.5. The SMILES string of the molecule is CC1=CCCN(S(=O)(=O)c2ccc(N)cc2C#N)C1. The number of benzene rings is 1. The molecule has 0 spiro atoms. The van der Waals surface area contributed by atoms with E-state index in [-0.39, 0.29) is 10.5 Å². The molecule has 100 valence electrons. The van der Waals surface area contributed by atoms with Gasteiger partial charge in [0.05, 0.1) is 5.56 Å². The molecule has 5 nitrogen and oxygen atoms in total. The molecule has 1 aliphatic rings. The number of sulfonamides is 1. The van der Waals surface area contributed by atoms with Crippen LogP contribution < -0.4 is 5.73 Å². The minimum absolute atomic E-state index is 0.0268. The summed E-state index contributed by atoms with van der Waals surface area (Å²) in [4.78, 5) is 0.0268. The standard InChI is InChI=1S/C13H15N3O2S/c1-10-3-2-6-16(9-10)19(17,18)13-5-4-12(15)7-11(13)8-14/h3-5,7H,2,6,9,15H2,1H3. The first-order chi connectivity index (χ1) is 8.95. The summed E-state index contributed by atoms with van der Waals surface area (Å²) in [6.45, 7) is 2.71. The summed E-state index contributed by atoms with van der Waals surface area (Å²) in [5.41, 5.74) is 7.07. The summed E-state index contributed by atoms with van der Waals surface area (Å²) in [5, 5.41) is 9.06. The first kappa shape index (κ1) is 13.6. The second-order valence-electron chi connectivity index (χ2n) is 4.55. The van der Waals surface area contributed by atoms with Crippen molar-refractivity contribution in [3.8, 4) is 6.07 Å². The average Bonchev–Trinajstić information content (AvgIpc) is 2.38. The highest BCUT2D eigenvalue weighted by atomic mass is 32.2. The number of nitriles is 1. The van der Waals surface area contributed by atoms with Crippen molar-refractivity contribution in [3.63, 3.8) is 0 Å². The number of hydrogen-bond donors (Lipinski definition) is 1. The third-order valence-corrected chi connectivity index (χ3v) is 4.94. The molecule has 2 rings (SSSR count). The van der Waals surface area contributed by atoms with E-state index in [0.29, 0.717) is 25.2 Å². The van der Waals surface area contributed by atoms with Crippen LogP contribution >= 0.6 is 0 Å². The summed E-state index contributed by atoms with van der Waals surface area (Å²) < 4.78 is 26.5. The molecule has 6 heteroatoms. The Hall–Kier alpha value is -1.84. The number of anilines is 1. The van der Waals surface area contributed by atoms with Crippen LogP contribution in [0.1, 0.15) is 18.9 Å². The fraction of sp³-hybridized carbons (Fsp3) is 0.308. The van der Waals surface area contributed by atoms with Crippen molar-refractivity contribution in [2.75, 3.05) is 18.8 Å². The Morgan fingerprint density at radius 3 is 2.79 bits per heavy atom. The van der Waals surface area contributed by atoms with E-state index in [9.17, 15) is 8.42 Å². The molecule has 0 fully saturated rings. The summed E-state index contributed by atoms with van der Waals surface area (Å²) in [6.07, 6.45) is 2.72. The van der Waals surface area contributed by atoms with Crippen molar-refractivity contribution >= 4 is 15.7 Å². The second-order valence-corrected chi connectivity index (χ2v) is 6.45. The quantitative estimate of drug-likeness (QED) is 0.655. The Morgan fingerprint density at radius 2 is 2.16 bits per heavy atom. The first-order valence-electron chi connectivity index (χ1n) is 5.90. The molecule has 0 aromatic heterocycles. The molecule has 2 N–H and O–H groups in total. The van der Waals surface area contributed by atoms with Crippen molar-refractivity contribution in [3.05, 3.63) is 35.4 Å². The molecular formula is C13H15N3O2S. The zero-order valence-corrected chi connectivity index (χ0v) is 11.4. The van der Waals surface area contributed by atoms with Crippen LogP contribution in [0.2, 0.25) is 0 Å². The molecule has 1 aromatic rings. The van der Waals surface area contributed by atoms with Crippen molar-refractivity contribution in [1.29, 1.82) is 5.26 Å². The van der Waals surface area contributed by atoms with Crippen LogP contribution in [-0.4, -0.2) is 25.8 Å². The minimum atomic E-state index is -3.64. The topological polar surface area (TPSA) is 87.2 Å². The molecule has 0 amide bonds. The van der Waals surface area contributed by atoms with E-state index in [2.05, 4.69) is 0 Å². The fourth-order valence-electron chi connectivity index (χ4n) is 2.08. The predicted octanol–water partition coefficient (Wildman–Crippen LogP) is 1.48. The molecule has 0 radical (unpaired) electrons. The fourth-order valence-corrected chi connectivity index (χ4v) is 3.70. The summed E-state index contributed by atoms with van der Waals surface area (Å²) in [7, 11) is -3.64. The van der Waals surface area contributed by atoms with E-state index in [1.165, 1.54) is 22.5 Å². The second kappa shape index (κ2) is 5.03. The Labute approximate surface area is 113 Å². The van der Waals surface area contributed by atoms with E-state index in [1.807, 2.05) is 19.1 Å². The van der Waals surface area contributed by atoms with Crippen LogP contribution in [0.15, 0.2) is 34.7 Å². The Balaban J connectivity index is 2.46. The average molecular weight is 277 g/mol. The lowest BCUT2D eigenvalue weighted by Gasteiger charge is -2.25. The van der Waals surface area contributed by atoms with E-state index in [4.69, 9.17) is 11.0 Å². The molecule has 0 bridgehead atoms. The Bertz CT molecular complexity index is 672. The van der Waals surface area contributed by atoms with Gasteiger partial charge in [-0.15, -0.1) is 0 Å². The van der Waals surface area contributed by atoms with Gasteiger partial charge in [-0.05, 0) is 31.5 Å². The van der Waals surface area contributed by atoms with E-state index in [1.54, 1.807) is 0 Å². The van der Waals surface area contributed by atoms with Gasteiger partial charge in [0.2, 0.25) is 10.0 Å². The van der Waals surface area contributed by atoms with Gasteiger partial charge in [-0.1, -0.05) is 11.6 Å². The normalized spacial score (nSPS) is 16.7. The van der Waals surface area contributed by atoms with Gasteiger partial charge in [-0.25, -0.2) is 8.42 Å². The number of hydrogen-bond acceptors (Lipinski definition) is 4. The molecule has 1 heterocycles. The van der Waals surface area contributed by atoms with Gasteiger partial charge < -0.3 is 5.73 Å². The third-order valence-electron chi connectivity index (χ3n) is 3.04. The van der Waals surface area contributed by atoms with Gasteiger partial charge in [0.15, 0.2) is 0 Å². The minimum Gasteiger partial charge on any atom is -0.399 e. The lowest BCUT2D eigenvalue weighted by Crippen LogP contribution is -2.35. The molecule has 0 saturated carbocycles. The van der Waals surface area contributed by atoms with Crippen LogP contribution in [0.5, 0.6) is 0 Å². The zero-order chi connectivity index (χ0) is 14.0. The maximum Gasteiger partial charge on any atom is 0.244 e. The predicted molar refractivity (Wildman–Crippen MR) is 72.7 cm³/mol. The van der Waals surface area contributed by atoms with Gasteiger partial charge in [0, 0.05) is 18.8 Å². The van der Waals surface area contributed by atoms with Gasteiger partial charge in [0.1, 0.15) is 11.0 Å². The van der Waals surface area contributed by atoms with Gasteiger partial charge in [-0.2, -0.15) is 9.57 Å². The van der Waals surface area contributed by atoms with E-state index >= 15 is 0 Å². The van der Waals surface area contributed by atoms with Gasteiger partial charge in [0.25, 0.3) is 0 Å². The van der Waals surface area contributed by atoms with E-state index in [0.717, 1.165) is 5.57 Å². The number of rotatable bonds is 2. The number of nitrogens with two attached hydrogens (primary N) is 1. The highest BCUT2D eigenvalue weighted by Crippen LogP contribution is 2.24.